The van der Waals surface area contributed by atoms with Crippen LogP contribution in [-0.4, -0.2) is 4.98 Å². The van der Waals surface area contributed by atoms with E-state index in [1.807, 2.05) is 13.0 Å². The fraction of sp³-hybridized carbons (Fsp3) is 0.182. The summed E-state index contributed by atoms with van der Waals surface area (Å²) in [6.45, 7) is 4.08. The third kappa shape index (κ3) is 1.89. The summed E-state index contributed by atoms with van der Waals surface area (Å²) in [6.07, 6.45) is 0. The van der Waals surface area contributed by atoms with Crippen LogP contribution >= 0.6 is 17.0 Å². The molecule has 0 N–H and O–H groups in total. The number of halogens is 1. The Morgan fingerprint density at radius 2 is 1.77 bits per heavy atom. The Hall–Kier alpha value is -0.890. The molecule has 1 aromatic carbocycles. The number of aromatic nitrogens is 1. The van der Waals surface area contributed by atoms with Crippen molar-refractivity contribution in [3.63, 3.8) is 0 Å². The minimum Gasteiger partial charge on any atom is -0.258 e. The van der Waals surface area contributed by atoms with Crippen molar-refractivity contribution < 1.29 is 0 Å². The maximum Gasteiger partial charge on any atom is 0.0454 e. The lowest BCUT2D eigenvalue weighted by Gasteiger charge is -2.01. The van der Waals surface area contributed by atoms with Crippen LogP contribution in [0.5, 0.6) is 0 Å². The second kappa shape index (κ2) is 3.88. The number of nitrogens with zero attached hydrogens (tertiary/aromatic N) is 1. The maximum atomic E-state index is 4.40. The number of aryl methyl sites for hydroxylation is 2. The Balaban J connectivity index is 0.000000845. The van der Waals surface area contributed by atoms with Gasteiger partial charge in [-0.25, -0.2) is 0 Å². The fourth-order valence-corrected chi connectivity index (χ4v) is 1.53. The van der Waals surface area contributed by atoms with Crippen molar-refractivity contribution in [1.82, 2.24) is 4.98 Å². The van der Waals surface area contributed by atoms with E-state index in [2.05, 4.69) is 36.2 Å². The van der Waals surface area contributed by atoms with Crippen molar-refractivity contribution in [3.8, 4) is 0 Å². The van der Waals surface area contributed by atoms with Gasteiger partial charge in [0.15, 0.2) is 0 Å². The van der Waals surface area contributed by atoms with Gasteiger partial charge in [-0.15, -0.1) is 17.0 Å². The summed E-state index contributed by atoms with van der Waals surface area (Å²) < 4.78 is 0. The molecule has 0 unspecified atom stereocenters. The van der Waals surface area contributed by atoms with E-state index in [1.54, 1.807) is 0 Å². The molecule has 13 heavy (non-hydrogen) atoms. The van der Waals surface area contributed by atoms with Gasteiger partial charge in [-0.1, -0.05) is 24.3 Å². The van der Waals surface area contributed by atoms with Crippen LogP contribution in [0.2, 0.25) is 0 Å². The van der Waals surface area contributed by atoms with Crippen molar-refractivity contribution in [2.75, 3.05) is 0 Å². The Morgan fingerprint density at radius 1 is 1.08 bits per heavy atom. The highest BCUT2D eigenvalue weighted by atomic mass is 79.9. The van der Waals surface area contributed by atoms with Crippen molar-refractivity contribution in [1.29, 1.82) is 0 Å². The van der Waals surface area contributed by atoms with Gasteiger partial charge in [0, 0.05) is 16.8 Å². The quantitative estimate of drug-likeness (QED) is 0.685. The molecule has 2 aromatic rings. The summed E-state index contributed by atoms with van der Waals surface area (Å²) in [5.41, 5.74) is 2.21. The first kappa shape index (κ1) is 10.2. The smallest absolute Gasteiger partial charge is 0.0454 e. The number of hydrogen-bond donors (Lipinski definition) is 0. The molecule has 2 heteroatoms. The lowest BCUT2D eigenvalue weighted by molar-refractivity contribution is 1.15. The van der Waals surface area contributed by atoms with Crippen LogP contribution in [-0.2, 0) is 0 Å². The average Bonchev–Trinajstić information content (AvgIpc) is 2.04. The largest absolute Gasteiger partial charge is 0.258 e. The first-order chi connectivity index (χ1) is 5.77. The van der Waals surface area contributed by atoms with E-state index in [9.17, 15) is 0 Å². The number of hydrogen-bond acceptors (Lipinski definition) is 1. The van der Waals surface area contributed by atoms with Crippen LogP contribution in [0.4, 0.5) is 0 Å². The molecular weight excluding hydrogens is 226 g/mol. The Morgan fingerprint density at radius 3 is 2.54 bits per heavy atom. The second-order valence-corrected chi connectivity index (χ2v) is 3.07. The van der Waals surface area contributed by atoms with Gasteiger partial charge >= 0.3 is 0 Å². The van der Waals surface area contributed by atoms with Gasteiger partial charge in [-0.3, -0.25) is 4.98 Å². The number of pyridine rings is 1. The van der Waals surface area contributed by atoms with Gasteiger partial charge in [0.1, 0.15) is 0 Å². The summed E-state index contributed by atoms with van der Waals surface area (Å²) in [7, 11) is 0. The van der Waals surface area contributed by atoms with Crippen LogP contribution in [0, 0.1) is 13.8 Å². The minimum absolute atomic E-state index is 0. The number of fused-ring (bicyclic) bond motifs is 1. The Kier molecular flexibility index (Phi) is 3.04. The lowest BCUT2D eigenvalue weighted by atomic mass is 10.1. The molecular formula is C11H12BrN. The fourth-order valence-electron chi connectivity index (χ4n) is 1.53. The lowest BCUT2D eigenvalue weighted by Crippen LogP contribution is -1.86. The van der Waals surface area contributed by atoms with Gasteiger partial charge in [0.25, 0.3) is 0 Å². The van der Waals surface area contributed by atoms with Crippen LogP contribution < -0.4 is 0 Å². The van der Waals surface area contributed by atoms with Gasteiger partial charge in [-0.05, 0) is 25.3 Å². The molecule has 2 rings (SSSR count). The van der Waals surface area contributed by atoms with Gasteiger partial charge in [0.2, 0.25) is 0 Å². The SMILES string of the molecule is Br.Cc1cc2ccccc2c(C)n1. The van der Waals surface area contributed by atoms with Crippen molar-refractivity contribution in [2.45, 2.75) is 13.8 Å². The van der Waals surface area contributed by atoms with Crippen molar-refractivity contribution >= 4 is 27.8 Å². The summed E-state index contributed by atoms with van der Waals surface area (Å²) in [6, 6.07) is 10.4. The number of rotatable bonds is 0. The van der Waals surface area contributed by atoms with E-state index >= 15 is 0 Å². The molecule has 0 fully saturated rings. The molecule has 0 saturated heterocycles. The first-order valence-corrected chi connectivity index (χ1v) is 4.10. The van der Waals surface area contributed by atoms with E-state index in [-0.39, 0.29) is 17.0 Å². The molecule has 0 aliphatic rings. The summed E-state index contributed by atoms with van der Waals surface area (Å²) in [5.74, 6) is 0. The second-order valence-electron chi connectivity index (χ2n) is 3.07. The summed E-state index contributed by atoms with van der Waals surface area (Å²) >= 11 is 0. The van der Waals surface area contributed by atoms with Gasteiger partial charge in [-0.2, -0.15) is 0 Å². The predicted molar refractivity (Wildman–Crippen MR) is 61.5 cm³/mol. The van der Waals surface area contributed by atoms with E-state index in [0.717, 1.165) is 11.4 Å². The molecule has 0 spiro atoms. The summed E-state index contributed by atoms with van der Waals surface area (Å²) in [4.78, 5) is 4.40. The highest BCUT2D eigenvalue weighted by molar-refractivity contribution is 8.93. The molecule has 0 amide bonds. The highest BCUT2D eigenvalue weighted by Crippen LogP contribution is 2.16. The van der Waals surface area contributed by atoms with Crippen LogP contribution in [0.3, 0.4) is 0 Å². The molecule has 1 heterocycles. The van der Waals surface area contributed by atoms with Gasteiger partial charge in [0.05, 0.1) is 0 Å². The zero-order valence-electron chi connectivity index (χ0n) is 7.74. The third-order valence-corrected chi connectivity index (χ3v) is 2.06. The maximum absolute atomic E-state index is 4.40. The van der Waals surface area contributed by atoms with Crippen LogP contribution in [0.1, 0.15) is 11.4 Å². The molecule has 0 aliphatic heterocycles. The molecule has 0 saturated carbocycles. The zero-order valence-corrected chi connectivity index (χ0v) is 9.46. The molecule has 0 atom stereocenters. The Labute approximate surface area is 88.6 Å². The van der Waals surface area contributed by atoms with Crippen LogP contribution in [0.15, 0.2) is 30.3 Å². The molecule has 0 bridgehead atoms. The topological polar surface area (TPSA) is 12.9 Å². The molecule has 0 radical (unpaired) electrons. The van der Waals surface area contributed by atoms with E-state index in [0.29, 0.717) is 0 Å². The average molecular weight is 238 g/mol. The summed E-state index contributed by atoms with van der Waals surface area (Å²) in [5, 5.41) is 2.53. The van der Waals surface area contributed by atoms with Crippen LogP contribution in [0.25, 0.3) is 10.8 Å². The highest BCUT2D eigenvalue weighted by Gasteiger charge is 1.97. The monoisotopic (exact) mass is 237 g/mol. The first-order valence-electron chi connectivity index (χ1n) is 4.10. The third-order valence-electron chi connectivity index (χ3n) is 2.06. The standard InChI is InChI=1S/C11H11N.BrH/c1-8-7-10-5-3-4-6-11(10)9(2)12-8;/h3-7H,1-2H3;1H. The van der Waals surface area contributed by atoms with Gasteiger partial charge < -0.3 is 0 Å². The normalized spacial score (nSPS) is 9.69. The molecule has 1 aromatic heterocycles. The van der Waals surface area contributed by atoms with E-state index < -0.39 is 0 Å². The zero-order chi connectivity index (χ0) is 8.55. The number of benzene rings is 1. The van der Waals surface area contributed by atoms with Crippen molar-refractivity contribution in [3.05, 3.63) is 41.7 Å². The molecule has 1 nitrogen and oxygen atoms in total. The Bertz CT molecular complexity index is 423. The van der Waals surface area contributed by atoms with Crippen molar-refractivity contribution in [2.24, 2.45) is 0 Å². The molecule has 68 valence electrons. The minimum atomic E-state index is 0. The van der Waals surface area contributed by atoms with E-state index in [4.69, 9.17) is 0 Å². The molecule has 0 aliphatic carbocycles. The predicted octanol–water partition coefficient (Wildman–Crippen LogP) is 3.43. The van der Waals surface area contributed by atoms with E-state index in [1.165, 1.54) is 10.8 Å².